The molecule has 1 rings (SSSR count). The molecule has 0 aromatic heterocycles. The summed E-state index contributed by atoms with van der Waals surface area (Å²) in [4.78, 5) is 0. The minimum Gasteiger partial charge on any atom is -0.478 e. The summed E-state index contributed by atoms with van der Waals surface area (Å²) in [5.74, 6) is -0.168. The van der Waals surface area contributed by atoms with Crippen molar-refractivity contribution in [3.8, 4) is 0 Å². The van der Waals surface area contributed by atoms with Crippen LogP contribution in [0.25, 0.3) is 0 Å². The van der Waals surface area contributed by atoms with Crippen molar-refractivity contribution in [1.82, 2.24) is 0 Å². The van der Waals surface area contributed by atoms with E-state index in [0.29, 0.717) is 17.7 Å². The zero-order valence-corrected chi connectivity index (χ0v) is 7.73. The molecule has 1 aromatic rings. The van der Waals surface area contributed by atoms with Crippen LogP contribution in [0.1, 0.15) is 18.1 Å². The van der Waals surface area contributed by atoms with E-state index in [1.807, 2.05) is 6.92 Å². The number of rotatable bonds is 2. The summed E-state index contributed by atoms with van der Waals surface area (Å²) in [6.45, 7) is 3.93. The third kappa shape index (κ3) is 2.28. The average Bonchev–Trinajstić information content (AvgIpc) is 2.10. The topological polar surface area (TPSA) is 33.1 Å². The molecule has 0 saturated carbocycles. The quantitative estimate of drug-likeness (QED) is 0.552. The van der Waals surface area contributed by atoms with Crippen LogP contribution in [0.5, 0.6) is 0 Å². The van der Waals surface area contributed by atoms with Crippen LogP contribution in [-0.4, -0.2) is 12.5 Å². The summed E-state index contributed by atoms with van der Waals surface area (Å²) in [7, 11) is 0. The number of ether oxygens (including phenoxy) is 1. The van der Waals surface area contributed by atoms with Crippen molar-refractivity contribution in [1.29, 1.82) is 5.41 Å². The van der Waals surface area contributed by atoms with Gasteiger partial charge in [-0.15, -0.1) is 0 Å². The van der Waals surface area contributed by atoms with Gasteiger partial charge in [-0.2, -0.15) is 0 Å². The van der Waals surface area contributed by atoms with Gasteiger partial charge in [0.2, 0.25) is 5.90 Å². The maximum absolute atomic E-state index is 12.8. The number of hydrogen-bond acceptors (Lipinski definition) is 2. The standard InChI is InChI=1S/C10H12FNO/c1-3-13-10(12)8-4-5-9(11)7(2)6-8/h4-6,12H,3H2,1-2H3. The summed E-state index contributed by atoms with van der Waals surface area (Å²) in [5.41, 5.74) is 1.14. The Hall–Kier alpha value is -1.38. The van der Waals surface area contributed by atoms with Crippen LogP contribution < -0.4 is 0 Å². The second-order valence-corrected chi connectivity index (χ2v) is 2.73. The predicted molar refractivity (Wildman–Crippen MR) is 49.6 cm³/mol. The highest BCUT2D eigenvalue weighted by molar-refractivity contribution is 5.91. The molecule has 0 fully saturated rings. The predicted octanol–water partition coefficient (Wildman–Crippen LogP) is 2.50. The van der Waals surface area contributed by atoms with Gasteiger partial charge in [0.25, 0.3) is 0 Å². The van der Waals surface area contributed by atoms with Crippen molar-refractivity contribution in [3.05, 3.63) is 35.1 Å². The maximum atomic E-state index is 12.8. The second kappa shape index (κ2) is 4.03. The Bertz CT molecular complexity index is 323. The van der Waals surface area contributed by atoms with Crippen molar-refractivity contribution in [3.63, 3.8) is 0 Å². The summed E-state index contributed by atoms with van der Waals surface area (Å²) in [5, 5.41) is 7.45. The first-order valence-corrected chi connectivity index (χ1v) is 4.13. The van der Waals surface area contributed by atoms with Gasteiger partial charge in [-0.3, -0.25) is 5.41 Å². The Balaban J connectivity index is 2.90. The first kappa shape index (κ1) is 9.71. The highest BCUT2D eigenvalue weighted by Gasteiger charge is 2.04. The van der Waals surface area contributed by atoms with E-state index >= 15 is 0 Å². The fraction of sp³-hybridized carbons (Fsp3) is 0.300. The first-order chi connectivity index (χ1) is 6.15. The molecule has 0 spiro atoms. The van der Waals surface area contributed by atoms with E-state index in [1.165, 1.54) is 6.07 Å². The molecule has 0 heterocycles. The van der Waals surface area contributed by atoms with Gasteiger partial charge in [-0.1, -0.05) is 0 Å². The summed E-state index contributed by atoms with van der Waals surface area (Å²) in [6.07, 6.45) is 0. The molecule has 1 N–H and O–H groups in total. The van der Waals surface area contributed by atoms with Crippen molar-refractivity contribution in [2.75, 3.05) is 6.61 Å². The van der Waals surface area contributed by atoms with Crippen LogP contribution in [0.2, 0.25) is 0 Å². The molecule has 0 radical (unpaired) electrons. The van der Waals surface area contributed by atoms with Crippen LogP contribution >= 0.6 is 0 Å². The van der Waals surface area contributed by atoms with Crippen LogP contribution in [0, 0.1) is 18.2 Å². The summed E-state index contributed by atoms with van der Waals surface area (Å²) in [6, 6.07) is 4.49. The minimum absolute atomic E-state index is 0.0885. The van der Waals surface area contributed by atoms with E-state index in [-0.39, 0.29) is 11.7 Å². The molecule has 1 aromatic carbocycles. The van der Waals surface area contributed by atoms with Crippen LogP contribution in [0.15, 0.2) is 18.2 Å². The molecule has 0 amide bonds. The lowest BCUT2D eigenvalue weighted by Gasteiger charge is -2.05. The van der Waals surface area contributed by atoms with E-state index in [9.17, 15) is 4.39 Å². The molecular formula is C10H12FNO. The monoisotopic (exact) mass is 181 g/mol. The van der Waals surface area contributed by atoms with Crippen LogP contribution in [0.3, 0.4) is 0 Å². The molecule has 0 atom stereocenters. The molecule has 2 nitrogen and oxygen atoms in total. The molecule has 70 valence electrons. The normalized spacial score (nSPS) is 9.77. The van der Waals surface area contributed by atoms with E-state index in [2.05, 4.69) is 0 Å². The SMILES string of the molecule is CCOC(=N)c1ccc(F)c(C)c1. The molecule has 0 aliphatic heterocycles. The third-order valence-corrected chi connectivity index (χ3v) is 1.71. The summed E-state index contributed by atoms with van der Waals surface area (Å²) >= 11 is 0. The summed E-state index contributed by atoms with van der Waals surface area (Å²) < 4.78 is 17.8. The molecule has 0 unspecified atom stereocenters. The van der Waals surface area contributed by atoms with Gasteiger partial charge >= 0.3 is 0 Å². The largest absolute Gasteiger partial charge is 0.478 e. The van der Waals surface area contributed by atoms with Crippen molar-refractivity contribution >= 4 is 5.90 Å². The van der Waals surface area contributed by atoms with Gasteiger partial charge in [0, 0.05) is 5.56 Å². The van der Waals surface area contributed by atoms with Crippen LogP contribution in [0.4, 0.5) is 4.39 Å². The Kier molecular flexibility index (Phi) is 3.01. The second-order valence-electron chi connectivity index (χ2n) is 2.73. The number of hydrogen-bond donors (Lipinski definition) is 1. The Morgan fingerprint density at radius 1 is 1.54 bits per heavy atom. The lowest BCUT2D eigenvalue weighted by Crippen LogP contribution is -2.05. The highest BCUT2D eigenvalue weighted by atomic mass is 19.1. The minimum atomic E-state index is -0.256. The van der Waals surface area contributed by atoms with E-state index < -0.39 is 0 Å². The number of benzene rings is 1. The molecule has 0 bridgehead atoms. The molecule has 0 saturated heterocycles. The van der Waals surface area contributed by atoms with Gasteiger partial charge < -0.3 is 4.74 Å². The highest BCUT2D eigenvalue weighted by Crippen LogP contribution is 2.09. The smallest absolute Gasteiger partial charge is 0.213 e. The van der Waals surface area contributed by atoms with Gasteiger partial charge in [-0.25, -0.2) is 4.39 Å². The van der Waals surface area contributed by atoms with Gasteiger partial charge in [0.15, 0.2) is 0 Å². The number of nitrogens with one attached hydrogen (secondary N) is 1. The zero-order valence-electron chi connectivity index (χ0n) is 7.73. The zero-order chi connectivity index (χ0) is 9.84. The third-order valence-electron chi connectivity index (χ3n) is 1.71. The Labute approximate surface area is 76.9 Å². The lowest BCUT2D eigenvalue weighted by atomic mass is 10.1. The Morgan fingerprint density at radius 2 is 2.23 bits per heavy atom. The molecular weight excluding hydrogens is 169 g/mol. The van der Waals surface area contributed by atoms with E-state index in [4.69, 9.17) is 10.1 Å². The first-order valence-electron chi connectivity index (χ1n) is 4.13. The van der Waals surface area contributed by atoms with Crippen molar-refractivity contribution in [2.45, 2.75) is 13.8 Å². The van der Waals surface area contributed by atoms with Crippen molar-refractivity contribution in [2.24, 2.45) is 0 Å². The van der Waals surface area contributed by atoms with E-state index in [0.717, 1.165) is 0 Å². The number of halogens is 1. The number of aryl methyl sites for hydroxylation is 1. The van der Waals surface area contributed by atoms with E-state index in [1.54, 1.807) is 19.1 Å². The van der Waals surface area contributed by atoms with Crippen LogP contribution in [-0.2, 0) is 4.74 Å². The van der Waals surface area contributed by atoms with Gasteiger partial charge in [0.05, 0.1) is 6.61 Å². The average molecular weight is 181 g/mol. The molecule has 0 aliphatic rings. The fourth-order valence-corrected chi connectivity index (χ4v) is 1.01. The maximum Gasteiger partial charge on any atom is 0.213 e. The lowest BCUT2D eigenvalue weighted by molar-refractivity contribution is 0.325. The fourth-order valence-electron chi connectivity index (χ4n) is 1.01. The molecule has 13 heavy (non-hydrogen) atoms. The van der Waals surface area contributed by atoms with Gasteiger partial charge in [-0.05, 0) is 37.6 Å². The molecule has 3 heteroatoms. The van der Waals surface area contributed by atoms with Crippen molar-refractivity contribution < 1.29 is 9.13 Å². The molecule has 0 aliphatic carbocycles. The Morgan fingerprint density at radius 3 is 2.77 bits per heavy atom. The van der Waals surface area contributed by atoms with Gasteiger partial charge in [0.1, 0.15) is 5.82 Å².